The second-order valence-electron chi connectivity index (χ2n) is 6.99. The van der Waals surface area contributed by atoms with Crippen LogP contribution in [0.3, 0.4) is 0 Å². The lowest BCUT2D eigenvalue weighted by Crippen LogP contribution is -2.04. The Labute approximate surface area is 182 Å². The van der Waals surface area contributed by atoms with Crippen LogP contribution in [0.5, 0.6) is 5.75 Å². The Kier molecular flexibility index (Phi) is 8.40. The van der Waals surface area contributed by atoms with Crippen molar-refractivity contribution < 1.29 is 18.3 Å². The summed E-state index contributed by atoms with van der Waals surface area (Å²) in [5, 5.41) is 0. The molecule has 2 aromatic heterocycles. The van der Waals surface area contributed by atoms with Crippen LogP contribution in [0.2, 0.25) is 0 Å². The summed E-state index contributed by atoms with van der Waals surface area (Å²) in [4.78, 5) is 12.5. The average Bonchev–Trinajstić information content (AvgIpc) is 3.16. The normalized spacial score (nSPS) is 11.8. The van der Waals surface area contributed by atoms with Gasteiger partial charge in [0.2, 0.25) is 0 Å². The van der Waals surface area contributed by atoms with Crippen molar-refractivity contribution in [3.63, 3.8) is 0 Å². The van der Waals surface area contributed by atoms with Crippen molar-refractivity contribution in [3.05, 3.63) is 42.5 Å². The highest BCUT2D eigenvalue weighted by Crippen LogP contribution is 2.52. The van der Waals surface area contributed by atoms with Gasteiger partial charge < -0.3 is 24.1 Å². The number of hydrogen-bond donors (Lipinski definition) is 1. The maximum atomic E-state index is 12.9. The molecular formula is C21H30N5O4P. The van der Waals surface area contributed by atoms with Gasteiger partial charge in [0.25, 0.3) is 0 Å². The smallest absolute Gasteiger partial charge is 0.335 e. The number of ether oxygens (including phenoxy) is 1. The first kappa shape index (κ1) is 23.2. The van der Waals surface area contributed by atoms with E-state index in [4.69, 9.17) is 19.5 Å². The molecule has 0 bridgehead atoms. The van der Waals surface area contributed by atoms with Gasteiger partial charge in [0.1, 0.15) is 17.6 Å². The predicted molar refractivity (Wildman–Crippen MR) is 120 cm³/mol. The van der Waals surface area contributed by atoms with Crippen molar-refractivity contribution in [1.29, 1.82) is 0 Å². The molecule has 0 saturated heterocycles. The quantitative estimate of drug-likeness (QED) is 0.302. The summed E-state index contributed by atoms with van der Waals surface area (Å²) in [5.74, 6) is 1.11. The van der Waals surface area contributed by atoms with Crippen molar-refractivity contribution >= 4 is 24.6 Å². The second kappa shape index (κ2) is 11.2. The highest BCUT2D eigenvalue weighted by Gasteiger charge is 2.25. The number of aromatic nitrogens is 4. The average molecular weight is 447 g/mol. The number of nitrogens with zero attached hydrogens (tertiary/aromatic N) is 4. The molecule has 168 valence electrons. The Morgan fingerprint density at radius 1 is 1.03 bits per heavy atom. The molecule has 31 heavy (non-hydrogen) atoms. The van der Waals surface area contributed by atoms with Gasteiger partial charge in [-0.2, -0.15) is 0 Å². The third kappa shape index (κ3) is 6.26. The van der Waals surface area contributed by atoms with E-state index in [-0.39, 0.29) is 6.16 Å². The number of nitrogen functional groups attached to an aromatic ring is 1. The van der Waals surface area contributed by atoms with Crippen LogP contribution in [0, 0.1) is 0 Å². The lowest BCUT2D eigenvalue weighted by atomic mass is 10.2. The van der Waals surface area contributed by atoms with Crippen LogP contribution in [-0.2, 0) is 26.3 Å². The van der Waals surface area contributed by atoms with Crippen molar-refractivity contribution in [2.75, 3.05) is 25.6 Å². The Morgan fingerprint density at radius 2 is 1.81 bits per heavy atom. The summed E-state index contributed by atoms with van der Waals surface area (Å²) in [6.45, 7) is 5.67. The van der Waals surface area contributed by atoms with E-state index >= 15 is 0 Å². The van der Waals surface area contributed by atoms with Gasteiger partial charge in [-0.15, -0.1) is 0 Å². The number of aryl methyl sites for hydroxylation is 1. The summed E-state index contributed by atoms with van der Waals surface area (Å²) in [6.07, 6.45) is 6.24. The Bertz CT molecular complexity index is 1020. The maximum Gasteiger partial charge on any atom is 0.335 e. The fraction of sp³-hybridized carbons (Fsp3) is 0.476. The van der Waals surface area contributed by atoms with Crippen molar-refractivity contribution in [2.24, 2.45) is 0 Å². The standard InChI is InChI=1S/C21H30N5O4P/c1-3-29-31(27,30-4-2)14-17-10-6-7-11-18(17)28-13-9-5-8-12-26-16-25-19-20(22)23-15-24-21(19)26/h6-7,10-11,15-16H,3-5,8-9,12-14H2,1-2H3,(H2,22,23,24). The second-order valence-corrected chi connectivity index (χ2v) is 9.04. The Balaban J connectivity index is 1.47. The third-order valence-corrected chi connectivity index (χ3v) is 6.75. The molecule has 0 unspecified atom stereocenters. The molecule has 0 aliphatic carbocycles. The number of hydrogen-bond acceptors (Lipinski definition) is 8. The zero-order chi connectivity index (χ0) is 22.1. The lowest BCUT2D eigenvalue weighted by molar-refractivity contribution is 0.218. The number of para-hydroxylation sites is 1. The molecule has 0 aliphatic heterocycles. The molecule has 10 heteroatoms. The van der Waals surface area contributed by atoms with Crippen LogP contribution in [0.4, 0.5) is 5.82 Å². The summed E-state index contributed by atoms with van der Waals surface area (Å²) in [7, 11) is -3.18. The number of benzene rings is 1. The highest BCUT2D eigenvalue weighted by molar-refractivity contribution is 7.53. The van der Waals surface area contributed by atoms with Gasteiger partial charge in [0.15, 0.2) is 11.5 Å². The molecule has 3 aromatic rings. The topological polar surface area (TPSA) is 114 Å². The fourth-order valence-corrected chi connectivity index (χ4v) is 5.03. The van der Waals surface area contributed by atoms with Gasteiger partial charge in [-0.3, -0.25) is 4.57 Å². The Morgan fingerprint density at radius 3 is 2.58 bits per heavy atom. The van der Waals surface area contributed by atoms with Gasteiger partial charge in [-0.05, 0) is 39.2 Å². The molecule has 9 nitrogen and oxygen atoms in total. The van der Waals surface area contributed by atoms with Crippen LogP contribution >= 0.6 is 7.60 Å². The predicted octanol–water partition coefficient (Wildman–Crippen LogP) is 4.42. The molecule has 0 atom stereocenters. The van der Waals surface area contributed by atoms with E-state index in [9.17, 15) is 4.57 Å². The van der Waals surface area contributed by atoms with E-state index in [1.807, 2.05) is 42.7 Å². The first-order valence-electron chi connectivity index (χ1n) is 10.6. The van der Waals surface area contributed by atoms with Crippen LogP contribution in [0.15, 0.2) is 36.9 Å². The number of imidazole rings is 1. The molecule has 0 fully saturated rings. The molecule has 0 spiro atoms. The molecule has 0 saturated carbocycles. The molecule has 2 N–H and O–H groups in total. The van der Waals surface area contributed by atoms with E-state index in [2.05, 4.69) is 15.0 Å². The first-order chi connectivity index (χ1) is 15.1. The first-order valence-corrected chi connectivity index (χ1v) is 12.3. The van der Waals surface area contributed by atoms with Gasteiger partial charge in [-0.25, -0.2) is 15.0 Å². The van der Waals surface area contributed by atoms with Gasteiger partial charge in [0, 0.05) is 12.1 Å². The summed E-state index contributed by atoms with van der Waals surface area (Å²) < 4.78 is 31.6. The number of rotatable bonds is 13. The SMILES string of the molecule is CCOP(=O)(Cc1ccccc1OCCCCCn1cnc2c(N)ncnc21)OCC. The third-order valence-electron chi connectivity index (χ3n) is 4.72. The van der Waals surface area contributed by atoms with E-state index < -0.39 is 7.60 Å². The van der Waals surface area contributed by atoms with E-state index in [0.29, 0.717) is 31.2 Å². The van der Waals surface area contributed by atoms with Crippen LogP contribution in [0.1, 0.15) is 38.7 Å². The number of anilines is 1. The van der Waals surface area contributed by atoms with Crippen LogP contribution in [-0.4, -0.2) is 39.3 Å². The molecule has 0 radical (unpaired) electrons. The van der Waals surface area contributed by atoms with Gasteiger partial charge >= 0.3 is 7.60 Å². The number of unbranched alkanes of at least 4 members (excludes halogenated alkanes) is 2. The highest BCUT2D eigenvalue weighted by atomic mass is 31.2. The zero-order valence-electron chi connectivity index (χ0n) is 18.1. The summed E-state index contributed by atoms with van der Waals surface area (Å²) >= 11 is 0. The van der Waals surface area contributed by atoms with Gasteiger partial charge in [0.05, 0.1) is 32.3 Å². The Hall–Kier alpha value is -2.48. The molecule has 1 aromatic carbocycles. The zero-order valence-corrected chi connectivity index (χ0v) is 19.0. The van der Waals surface area contributed by atoms with Crippen molar-refractivity contribution in [3.8, 4) is 5.75 Å². The molecule has 2 heterocycles. The van der Waals surface area contributed by atoms with E-state index in [1.54, 1.807) is 6.33 Å². The minimum Gasteiger partial charge on any atom is -0.493 e. The van der Waals surface area contributed by atoms with Crippen molar-refractivity contribution in [2.45, 2.75) is 45.8 Å². The maximum absolute atomic E-state index is 12.9. The van der Waals surface area contributed by atoms with Crippen molar-refractivity contribution in [1.82, 2.24) is 19.5 Å². The molecule has 0 amide bonds. The molecule has 0 aliphatic rings. The lowest BCUT2D eigenvalue weighted by Gasteiger charge is -2.19. The minimum absolute atomic E-state index is 0.198. The van der Waals surface area contributed by atoms with E-state index in [1.165, 1.54) is 6.33 Å². The van der Waals surface area contributed by atoms with Crippen LogP contribution in [0.25, 0.3) is 11.2 Å². The number of nitrogens with two attached hydrogens (primary N) is 1. The summed E-state index contributed by atoms with van der Waals surface area (Å²) in [5.41, 5.74) is 8.05. The number of fused-ring (bicyclic) bond motifs is 1. The molecule has 3 rings (SSSR count). The molecular weight excluding hydrogens is 417 g/mol. The largest absolute Gasteiger partial charge is 0.493 e. The summed E-state index contributed by atoms with van der Waals surface area (Å²) in [6, 6.07) is 7.59. The monoisotopic (exact) mass is 447 g/mol. The van der Waals surface area contributed by atoms with Gasteiger partial charge in [-0.1, -0.05) is 18.2 Å². The minimum atomic E-state index is -3.18. The van der Waals surface area contributed by atoms with Crippen LogP contribution < -0.4 is 10.5 Å². The fourth-order valence-electron chi connectivity index (χ4n) is 3.31. The van der Waals surface area contributed by atoms with E-state index in [0.717, 1.165) is 42.8 Å².